The second kappa shape index (κ2) is 6.41. The number of hydrogen-bond donors (Lipinski definition) is 1. The number of aromatic nitrogens is 4. The van der Waals surface area contributed by atoms with Crippen molar-refractivity contribution in [1.82, 2.24) is 24.9 Å². The molecule has 0 radical (unpaired) electrons. The Morgan fingerprint density at radius 2 is 2.10 bits per heavy atom. The number of nitrogens with zero attached hydrogens (tertiary/aromatic N) is 4. The van der Waals surface area contributed by atoms with Gasteiger partial charge in [0.05, 0.1) is 34.3 Å². The van der Waals surface area contributed by atoms with Crippen molar-refractivity contribution in [2.24, 2.45) is 0 Å². The Morgan fingerprint density at radius 3 is 2.70 bits per heavy atom. The highest BCUT2D eigenvalue weighted by atomic mass is 35.5. The molecule has 2 aromatic rings. The van der Waals surface area contributed by atoms with E-state index in [0.29, 0.717) is 5.02 Å². The first kappa shape index (κ1) is 15.1. The summed E-state index contributed by atoms with van der Waals surface area (Å²) >= 11 is 6.35. The van der Waals surface area contributed by atoms with Crippen molar-refractivity contribution in [2.45, 2.75) is 46.3 Å². The van der Waals surface area contributed by atoms with Gasteiger partial charge in [0, 0.05) is 13.1 Å². The summed E-state index contributed by atoms with van der Waals surface area (Å²) in [4.78, 5) is 0. The van der Waals surface area contributed by atoms with Gasteiger partial charge in [0.2, 0.25) is 0 Å². The minimum Gasteiger partial charge on any atom is -0.307 e. The SMILES string of the molecule is CCCn1ncc(Cl)c1C(NC)c1cc(C)nn1CC. The summed E-state index contributed by atoms with van der Waals surface area (Å²) in [7, 11) is 1.94. The maximum atomic E-state index is 6.35. The molecule has 0 bridgehead atoms. The summed E-state index contributed by atoms with van der Waals surface area (Å²) in [5, 5.41) is 12.9. The van der Waals surface area contributed by atoms with Crippen LogP contribution < -0.4 is 5.32 Å². The molecule has 0 aliphatic heterocycles. The van der Waals surface area contributed by atoms with Crippen LogP contribution in [0.1, 0.15) is 43.4 Å². The van der Waals surface area contributed by atoms with Crippen LogP contribution in [0.4, 0.5) is 0 Å². The van der Waals surface area contributed by atoms with E-state index in [4.69, 9.17) is 11.6 Å². The molecule has 1 N–H and O–H groups in total. The van der Waals surface area contributed by atoms with E-state index in [1.807, 2.05) is 23.3 Å². The highest BCUT2D eigenvalue weighted by molar-refractivity contribution is 6.31. The van der Waals surface area contributed by atoms with E-state index < -0.39 is 0 Å². The van der Waals surface area contributed by atoms with Crippen molar-refractivity contribution >= 4 is 11.6 Å². The Hall–Kier alpha value is -1.33. The van der Waals surface area contributed by atoms with Gasteiger partial charge in [-0.1, -0.05) is 18.5 Å². The monoisotopic (exact) mass is 295 g/mol. The predicted octanol–water partition coefficient (Wildman–Crippen LogP) is 2.78. The zero-order valence-corrected chi connectivity index (χ0v) is 13.3. The van der Waals surface area contributed by atoms with Gasteiger partial charge in [-0.15, -0.1) is 0 Å². The third kappa shape index (κ3) is 2.74. The molecule has 0 spiro atoms. The van der Waals surface area contributed by atoms with Crippen molar-refractivity contribution in [3.63, 3.8) is 0 Å². The molecule has 0 saturated carbocycles. The molecule has 2 rings (SSSR count). The summed E-state index contributed by atoms with van der Waals surface area (Å²) < 4.78 is 3.99. The van der Waals surface area contributed by atoms with E-state index in [0.717, 1.165) is 36.6 Å². The minimum atomic E-state index is -0.00213. The fraction of sp³-hybridized carbons (Fsp3) is 0.571. The molecular weight excluding hydrogens is 274 g/mol. The second-order valence-corrected chi connectivity index (χ2v) is 5.26. The molecule has 2 aromatic heterocycles. The first-order valence-corrected chi connectivity index (χ1v) is 7.42. The zero-order chi connectivity index (χ0) is 14.7. The molecule has 0 aliphatic rings. The summed E-state index contributed by atoms with van der Waals surface area (Å²) in [6.07, 6.45) is 2.74. The van der Waals surface area contributed by atoms with E-state index in [1.54, 1.807) is 6.20 Å². The van der Waals surface area contributed by atoms with Crippen molar-refractivity contribution < 1.29 is 0 Å². The first-order valence-electron chi connectivity index (χ1n) is 7.05. The van der Waals surface area contributed by atoms with Gasteiger partial charge in [-0.3, -0.25) is 9.36 Å². The van der Waals surface area contributed by atoms with Crippen molar-refractivity contribution in [1.29, 1.82) is 0 Å². The lowest BCUT2D eigenvalue weighted by Gasteiger charge is -2.19. The van der Waals surface area contributed by atoms with Crippen LogP contribution in [0.5, 0.6) is 0 Å². The van der Waals surface area contributed by atoms with Gasteiger partial charge in [0.25, 0.3) is 0 Å². The summed E-state index contributed by atoms with van der Waals surface area (Å²) in [5.41, 5.74) is 3.14. The lowest BCUT2D eigenvalue weighted by molar-refractivity contribution is 0.504. The van der Waals surface area contributed by atoms with Crippen LogP contribution in [0.2, 0.25) is 5.02 Å². The molecule has 0 saturated heterocycles. The number of rotatable bonds is 6. The van der Waals surface area contributed by atoms with Gasteiger partial charge < -0.3 is 5.32 Å². The molecular formula is C14H22ClN5. The number of nitrogens with one attached hydrogen (secondary N) is 1. The van der Waals surface area contributed by atoms with Crippen LogP contribution >= 0.6 is 11.6 Å². The van der Waals surface area contributed by atoms with Gasteiger partial charge in [-0.2, -0.15) is 10.2 Å². The average Bonchev–Trinajstić information content (AvgIpc) is 2.97. The Kier molecular flexibility index (Phi) is 4.83. The molecule has 20 heavy (non-hydrogen) atoms. The summed E-state index contributed by atoms with van der Waals surface area (Å²) in [6.45, 7) is 7.93. The van der Waals surface area contributed by atoms with E-state index in [-0.39, 0.29) is 6.04 Å². The zero-order valence-electron chi connectivity index (χ0n) is 12.5. The largest absolute Gasteiger partial charge is 0.307 e. The molecule has 0 amide bonds. The van der Waals surface area contributed by atoms with Gasteiger partial charge in [0.1, 0.15) is 0 Å². The van der Waals surface area contributed by atoms with Gasteiger partial charge >= 0.3 is 0 Å². The first-order chi connectivity index (χ1) is 9.62. The Labute approximate surface area is 124 Å². The van der Waals surface area contributed by atoms with Crippen LogP contribution in [0.25, 0.3) is 0 Å². The van der Waals surface area contributed by atoms with Crippen molar-refractivity contribution in [3.8, 4) is 0 Å². The van der Waals surface area contributed by atoms with E-state index >= 15 is 0 Å². The molecule has 0 aromatic carbocycles. The smallest absolute Gasteiger partial charge is 0.0931 e. The van der Waals surface area contributed by atoms with Crippen LogP contribution in [-0.2, 0) is 13.1 Å². The third-order valence-electron chi connectivity index (χ3n) is 3.36. The minimum absolute atomic E-state index is 0.00213. The highest BCUT2D eigenvalue weighted by Crippen LogP contribution is 2.28. The van der Waals surface area contributed by atoms with Gasteiger partial charge in [-0.25, -0.2) is 0 Å². The van der Waals surface area contributed by atoms with Gasteiger partial charge in [-0.05, 0) is 33.4 Å². The highest BCUT2D eigenvalue weighted by Gasteiger charge is 2.24. The topological polar surface area (TPSA) is 47.7 Å². The Morgan fingerprint density at radius 1 is 1.35 bits per heavy atom. The lowest BCUT2D eigenvalue weighted by atomic mass is 10.1. The maximum absolute atomic E-state index is 6.35. The van der Waals surface area contributed by atoms with Crippen LogP contribution in [-0.4, -0.2) is 26.6 Å². The van der Waals surface area contributed by atoms with Crippen molar-refractivity contribution in [3.05, 3.63) is 34.4 Å². The van der Waals surface area contributed by atoms with E-state index in [2.05, 4.69) is 35.4 Å². The number of aryl methyl sites for hydroxylation is 3. The van der Waals surface area contributed by atoms with E-state index in [9.17, 15) is 0 Å². The average molecular weight is 296 g/mol. The lowest BCUT2D eigenvalue weighted by Crippen LogP contribution is -2.24. The van der Waals surface area contributed by atoms with E-state index in [1.165, 1.54) is 0 Å². The molecule has 1 atom stereocenters. The number of halogens is 1. The molecule has 0 aliphatic carbocycles. The summed E-state index contributed by atoms with van der Waals surface area (Å²) in [6, 6.07) is 2.10. The van der Waals surface area contributed by atoms with Crippen LogP contribution in [0, 0.1) is 6.92 Å². The molecule has 1 unspecified atom stereocenters. The Balaban J connectivity index is 2.49. The fourth-order valence-electron chi connectivity index (χ4n) is 2.52. The standard InChI is InChI=1S/C14H22ClN5/c1-5-7-20-14(11(15)9-17-20)13(16-4)12-8-10(3)18-19(12)6-2/h8-9,13,16H,5-7H2,1-4H3. The molecule has 110 valence electrons. The number of hydrogen-bond acceptors (Lipinski definition) is 3. The maximum Gasteiger partial charge on any atom is 0.0931 e. The third-order valence-corrected chi connectivity index (χ3v) is 3.65. The molecule has 5 nitrogen and oxygen atoms in total. The van der Waals surface area contributed by atoms with Crippen molar-refractivity contribution in [2.75, 3.05) is 7.05 Å². The normalized spacial score (nSPS) is 12.8. The van der Waals surface area contributed by atoms with Gasteiger partial charge in [0.15, 0.2) is 0 Å². The molecule has 6 heteroatoms. The quantitative estimate of drug-likeness (QED) is 0.891. The predicted molar refractivity (Wildman–Crippen MR) is 81.1 cm³/mol. The Bertz CT molecular complexity index is 572. The molecule has 0 fully saturated rings. The van der Waals surface area contributed by atoms with Crippen LogP contribution in [0.15, 0.2) is 12.3 Å². The fourth-order valence-corrected chi connectivity index (χ4v) is 2.78. The second-order valence-electron chi connectivity index (χ2n) is 4.85. The molecule has 2 heterocycles. The summed E-state index contributed by atoms with van der Waals surface area (Å²) in [5.74, 6) is 0. The van der Waals surface area contributed by atoms with Crippen LogP contribution in [0.3, 0.4) is 0 Å².